The number of aromatic nitrogens is 2. The van der Waals surface area contributed by atoms with Crippen LogP contribution in [0, 0.1) is 0 Å². The Balaban J connectivity index is 0.000000265. The zero-order chi connectivity index (χ0) is 32.2. The lowest BCUT2D eigenvalue weighted by Crippen LogP contribution is -2.49. The van der Waals surface area contributed by atoms with Crippen LogP contribution in [0.2, 0.25) is 0 Å². The van der Waals surface area contributed by atoms with E-state index in [1.165, 1.54) is 5.56 Å². The number of benzene rings is 1. The molecule has 0 bridgehead atoms. The van der Waals surface area contributed by atoms with E-state index in [0.717, 1.165) is 42.5 Å². The van der Waals surface area contributed by atoms with Crippen LogP contribution in [0.15, 0.2) is 60.9 Å². The second kappa shape index (κ2) is 12.8. The third-order valence-corrected chi connectivity index (χ3v) is 6.74. The first-order valence-corrected chi connectivity index (χ1v) is 12.7. The number of hydrogen-bond acceptors (Lipinski definition) is 7. The molecular formula is C27H24F6N4O7. The highest BCUT2D eigenvalue weighted by Crippen LogP contribution is 2.37. The summed E-state index contributed by atoms with van der Waals surface area (Å²) >= 11 is 0. The lowest BCUT2D eigenvalue weighted by atomic mass is 10.1. The zero-order valence-electron chi connectivity index (χ0n) is 22.5. The van der Waals surface area contributed by atoms with Gasteiger partial charge in [-0.3, -0.25) is 14.7 Å². The molecule has 5 heterocycles. The van der Waals surface area contributed by atoms with Crippen molar-refractivity contribution in [3.63, 3.8) is 0 Å². The maximum Gasteiger partial charge on any atom is 0.490 e. The van der Waals surface area contributed by atoms with Gasteiger partial charge < -0.3 is 29.2 Å². The molecule has 0 spiro atoms. The van der Waals surface area contributed by atoms with Crippen molar-refractivity contribution in [2.75, 3.05) is 19.9 Å². The van der Waals surface area contributed by atoms with Gasteiger partial charge in [-0.25, -0.2) is 9.59 Å². The fourth-order valence-corrected chi connectivity index (χ4v) is 4.87. The molecule has 0 unspecified atom stereocenters. The number of likely N-dealkylation sites (tertiary alicyclic amines) is 1. The van der Waals surface area contributed by atoms with Crippen molar-refractivity contribution in [2.24, 2.45) is 0 Å². The second-order valence-electron chi connectivity index (χ2n) is 9.68. The van der Waals surface area contributed by atoms with E-state index in [-0.39, 0.29) is 24.8 Å². The molecule has 1 fully saturated rings. The van der Waals surface area contributed by atoms with Crippen molar-refractivity contribution in [2.45, 2.75) is 37.5 Å². The van der Waals surface area contributed by atoms with E-state index in [1.54, 1.807) is 6.20 Å². The Bertz CT molecular complexity index is 1470. The zero-order valence-corrected chi connectivity index (χ0v) is 22.5. The van der Waals surface area contributed by atoms with Crippen LogP contribution in [0.25, 0.3) is 0 Å². The van der Waals surface area contributed by atoms with Gasteiger partial charge >= 0.3 is 24.3 Å². The monoisotopic (exact) mass is 630 g/mol. The van der Waals surface area contributed by atoms with Crippen molar-refractivity contribution in [1.29, 1.82) is 0 Å². The van der Waals surface area contributed by atoms with E-state index in [9.17, 15) is 31.1 Å². The minimum atomic E-state index is -5.08. The SMILES string of the molecule is O=C(O)C(F)(F)F.O=C(O)C(F)(F)F.O=C1c2cccn2[C@H]2CN(Cc3ccc4c(c3)OCO4)C[C@H]2N1Cc1ccccn1. The number of hydrogen-bond donors (Lipinski definition) is 2. The van der Waals surface area contributed by atoms with Crippen LogP contribution in [0.4, 0.5) is 26.3 Å². The van der Waals surface area contributed by atoms with Crippen LogP contribution in [-0.2, 0) is 22.7 Å². The van der Waals surface area contributed by atoms with Crippen molar-refractivity contribution >= 4 is 17.8 Å². The van der Waals surface area contributed by atoms with Gasteiger partial charge in [0.05, 0.1) is 24.3 Å². The van der Waals surface area contributed by atoms with Gasteiger partial charge in [-0.05, 0) is 42.0 Å². The highest BCUT2D eigenvalue weighted by atomic mass is 19.4. The molecule has 2 atom stereocenters. The standard InChI is InChI=1S/C23H22N4O3.2C2HF3O2/c28-23-18-5-3-9-26(18)19-13-25(11-16-6-7-21-22(10-16)30-15-29-21)14-20(19)27(23)12-17-4-1-2-8-24-17;2*3-2(4,5)1(6)7/h1-10,19-20H,11-15H2;2*(H,6,7)/t19-,20+;;/m0../s1. The van der Waals surface area contributed by atoms with Gasteiger partial charge in [-0.15, -0.1) is 0 Å². The van der Waals surface area contributed by atoms with E-state index in [1.807, 2.05) is 47.5 Å². The number of halogens is 6. The number of ether oxygens (including phenoxy) is 2. The van der Waals surface area contributed by atoms with Gasteiger partial charge in [-0.1, -0.05) is 12.1 Å². The predicted octanol–water partition coefficient (Wildman–Crippen LogP) is 3.96. The molecule has 2 aromatic heterocycles. The Morgan fingerprint density at radius 1 is 0.864 bits per heavy atom. The number of nitrogens with zero attached hydrogens (tertiary/aromatic N) is 4. The third-order valence-electron chi connectivity index (χ3n) is 6.74. The number of carboxylic acids is 2. The summed E-state index contributed by atoms with van der Waals surface area (Å²) in [4.78, 5) is 39.9. The minimum Gasteiger partial charge on any atom is -0.475 e. The van der Waals surface area contributed by atoms with Crippen molar-refractivity contribution in [3.8, 4) is 11.5 Å². The molecule has 3 aliphatic rings. The number of fused-ring (bicyclic) bond motifs is 4. The molecule has 0 radical (unpaired) electrons. The van der Waals surface area contributed by atoms with Crippen LogP contribution >= 0.6 is 0 Å². The van der Waals surface area contributed by atoms with Crippen LogP contribution in [0.1, 0.15) is 27.8 Å². The Hall–Kier alpha value is -4.80. The normalized spacial score (nSPS) is 18.8. The van der Waals surface area contributed by atoms with Crippen LogP contribution < -0.4 is 9.47 Å². The van der Waals surface area contributed by atoms with Crippen LogP contribution in [0.5, 0.6) is 11.5 Å². The molecule has 1 saturated heterocycles. The molecular weight excluding hydrogens is 606 g/mol. The summed E-state index contributed by atoms with van der Waals surface area (Å²) in [5.74, 6) is -3.82. The molecule has 3 aromatic rings. The predicted molar refractivity (Wildman–Crippen MR) is 137 cm³/mol. The highest BCUT2D eigenvalue weighted by Gasteiger charge is 2.45. The van der Waals surface area contributed by atoms with Crippen molar-refractivity contribution < 1.29 is 60.4 Å². The van der Waals surface area contributed by atoms with Gasteiger partial charge in [0, 0.05) is 32.0 Å². The van der Waals surface area contributed by atoms with E-state index in [2.05, 4.69) is 26.6 Å². The second-order valence-corrected chi connectivity index (χ2v) is 9.68. The summed E-state index contributed by atoms with van der Waals surface area (Å²) in [6.45, 7) is 3.35. The molecule has 0 saturated carbocycles. The molecule has 6 rings (SSSR count). The molecule has 236 valence electrons. The molecule has 1 aromatic carbocycles. The fourth-order valence-electron chi connectivity index (χ4n) is 4.87. The largest absolute Gasteiger partial charge is 0.490 e. The van der Waals surface area contributed by atoms with Crippen molar-refractivity contribution in [3.05, 3.63) is 77.9 Å². The van der Waals surface area contributed by atoms with Crippen molar-refractivity contribution in [1.82, 2.24) is 19.4 Å². The van der Waals surface area contributed by atoms with E-state index < -0.39 is 24.3 Å². The van der Waals surface area contributed by atoms with Gasteiger partial charge in [-0.2, -0.15) is 26.3 Å². The lowest BCUT2D eigenvalue weighted by Gasteiger charge is -2.38. The van der Waals surface area contributed by atoms with Gasteiger partial charge in [0.25, 0.3) is 5.91 Å². The molecule has 1 amide bonds. The maximum atomic E-state index is 13.2. The Kier molecular flexibility index (Phi) is 9.36. The van der Waals surface area contributed by atoms with Gasteiger partial charge in [0.2, 0.25) is 6.79 Å². The maximum absolute atomic E-state index is 13.2. The quantitative estimate of drug-likeness (QED) is 0.411. The summed E-state index contributed by atoms with van der Waals surface area (Å²) in [6.07, 6.45) is -6.35. The first kappa shape index (κ1) is 32.1. The molecule has 3 aliphatic heterocycles. The van der Waals surface area contributed by atoms with E-state index in [0.29, 0.717) is 6.54 Å². The van der Waals surface area contributed by atoms with Crippen LogP contribution in [0.3, 0.4) is 0 Å². The summed E-state index contributed by atoms with van der Waals surface area (Å²) in [5, 5.41) is 14.2. The van der Waals surface area contributed by atoms with Crippen LogP contribution in [-0.4, -0.2) is 85.7 Å². The lowest BCUT2D eigenvalue weighted by molar-refractivity contribution is -0.193. The number of carboxylic acid groups (broad SMARTS) is 2. The molecule has 44 heavy (non-hydrogen) atoms. The number of aliphatic carboxylic acids is 2. The summed E-state index contributed by atoms with van der Waals surface area (Å²) in [5.41, 5.74) is 2.86. The average Bonchev–Trinajstić information content (AvgIpc) is 3.71. The molecule has 2 N–H and O–H groups in total. The number of alkyl halides is 6. The third kappa shape index (κ3) is 7.58. The number of carbonyl (C=O) groups excluding carboxylic acids is 1. The number of carbonyl (C=O) groups is 3. The number of amides is 1. The first-order chi connectivity index (χ1) is 20.6. The Labute approximate surface area is 244 Å². The Morgan fingerprint density at radius 3 is 2.11 bits per heavy atom. The summed E-state index contributed by atoms with van der Waals surface area (Å²) in [6, 6.07) is 16.2. The topological polar surface area (TPSA) is 134 Å². The number of rotatable bonds is 4. The summed E-state index contributed by atoms with van der Waals surface area (Å²) in [7, 11) is 0. The highest BCUT2D eigenvalue weighted by molar-refractivity contribution is 5.94. The fraction of sp³-hybridized carbons (Fsp3) is 0.333. The Morgan fingerprint density at radius 2 is 1.50 bits per heavy atom. The minimum absolute atomic E-state index is 0.0804. The first-order valence-electron chi connectivity index (χ1n) is 12.7. The molecule has 0 aliphatic carbocycles. The van der Waals surface area contributed by atoms with E-state index >= 15 is 0 Å². The van der Waals surface area contributed by atoms with Gasteiger partial charge in [0.1, 0.15) is 5.69 Å². The molecule has 17 heteroatoms. The van der Waals surface area contributed by atoms with E-state index in [4.69, 9.17) is 29.3 Å². The average molecular weight is 630 g/mol. The smallest absolute Gasteiger partial charge is 0.475 e. The number of pyridine rings is 1. The van der Waals surface area contributed by atoms with Gasteiger partial charge in [0.15, 0.2) is 11.5 Å². The summed E-state index contributed by atoms with van der Waals surface area (Å²) < 4.78 is 76.6. The molecule has 11 nitrogen and oxygen atoms in total.